The van der Waals surface area contributed by atoms with Crippen LogP contribution in [0.15, 0.2) is 47.4 Å². The molecule has 0 saturated carbocycles. The average molecular weight is 490 g/mol. The average Bonchev–Trinajstić information content (AvgIpc) is 3.23. The summed E-state index contributed by atoms with van der Waals surface area (Å²) >= 11 is 1.47. The normalized spacial score (nSPS) is 11.8. The minimum absolute atomic E-state index is 0.105. The summed E-state index contributed by atoms with van der Waals surface area (Å²) in [5, 5.41) is 0.615. The summed E-state index contributed by atoms with van der Waals surface area (Å²) in [6.45, 7) is 3.41. The lowest BCUT2D eigenvalue weighted by atomic mass is 10.2. The predicted octanol–water partition coefficient (Wildman–Crippen LogP) is 4.02. The zero-order valence-electron chi connectivity index (χ0n) is 19.6. The molecule has 0 aliphatic heterocycles. The molecule has 0 atom stereocenters. The number of methoxy groups -OCH3 is 1. The molecule has 0 N–H and O–H groups in total. The summed E-state index contributed by atoms with van der Waals surface area (Å²) < 4.78 is 31.7. The molecule has 1 heterocycles. The van der Waals surface area contributed by atoms with Gasteiger partial charge in [-0.1, -0.05) is 24.3 Å². The molecule has 0 spiro atoms. The van der Waals surface area contributed by atoms with Crippen LogP contribution in [0.25, 0.3) is 10.2 Å². The maximum Gasteiger partial charge on any atom is 0.229 e. The number of rotatable bonds is 11. The van der Waals surface area contributed by atoms with E-state index in [1.807, 2.05) is 26.2 Å². The molecule has 0 fully saturated rings. The van der Waals surface area contributed by atoms with Crippen molar-refractivity contribution >= 4 is 42.4 Å². The van der Waals surface area contributed by atoms with Crippen LogP contribution in [0.4, 0.5) is 5.13 Å². The number of benzene rings is 2. The number of aryl methyl sites for hydroxylation is 1. The zero-order chi connectivity index (χ0) is 24.0. The van der Waals surface area contributed by atoms with E-state index in [2.05, 4.69) is 22.9 Å². The summed E-state index contributed by atoms with van der Waals surface area (Å²) in [6.07, 6.45) is 1.59. The second kappa shape index (κ2) is 11.1. The lowest BCUT2D eigenvalue weighted by Crippen LogP contribution is -2.34. The van der Waals surface area contributed by atoms with Crippen LogP contribution in [0, 0.1) is 0 Å². The van der Waals surface area contributed by atoms with Gasteiger partial charge in [-0.25, -0.2) is 13.4 Å². The molecule has 0 unspecified atom stereocenters. The number of sulfone groups is 1. The highest BCUT2D eigenvalue weighted by atomic mass is 32.2. The monoisotopic (exact) mass is 489 g/mol. The van der Waals surface area contributed by atoms with Gasteiger partial charge in [0.25, 0.3) is 0 Å². The molecular formula is C24H31N3O4S2. The van der Waals surface area contributed by atoms with Crippen LogP contribution < -0.4 is 9.64 Å². The third-order valence-electron chi connectivity index (χ3n) is 5.37. The van der Waals surface area contributed by atoms with E-state index in [0.29, 0.717) is 17.4 Å². The van der Waals surface area contributed by atoms with E-state index in [1.54, 1.807) is 17.0 Å². The topological polar surface area (TPSA) is 79.8 Å². The number of hydrogen-bond acceptors (Lipinski definition) is 7. The van der Waals surface area contributed by atoms with Crippen molar-refractivity contribution in [3.8, 4) is 5.75 Å². The lowest BCUT2D eigenvalue weighted by molar-refractivity contribution is -0.118. The highest BCUT2D eigenvalue weighted by molar-refractivity contribution is 7.91. The molecule has 7 nitrogen and oxygen atoms in total. The summed E-state index contributed by atoms with van der Waals surface area (Å²) in [5.74, 6) is 0.0903. The minimum Gasteiger partial charge on any atom is -0.497 e. The number of ether oxygens (including phenoxy) is 1. The van der Waals surface area contributed by atoms with E-state index < -0.39 is 9.84 Å². The standard InChI is InChI=1S/C24H31N3O4S2/c1-5-18-7-12-21-22(17-18)32-24(25-21)27(15-6-14-26(2)3)23(28)13-16-33(29,30)20-10-8-19(31-4)9-11-20/h7-12,17H,5-6,13-16H2,1-4H3. The van der Waals surface area contributed by atoms with Crippen molar-refractivity contribution in [2.45, 2.75) is 31.1 Å². The molecule has 33 heavy (non-hydrogen) atoms. The van der Waals surface area contributed by atoms with Crippen LogP contribution >= 0.6 is 11.3 Å². The molecule has 0 saturated heterocycles. The van der Waals surface area contributed by atoms with Gasteiger partial charge in [0.1, 0.15) is 5.75 Å². The summed E-state index contributed by atoms with van der Waals surface area (Å²) in [7, 11) is 1.90. The minimum atomic E-state index is -3.59. The summed E-state index contributed by atoms with van der Waals surface area (Å²) in [4.78, 5) is 21.8. The third kappa shape index (κ3) is 6.52. The van der Waals surface area contributed by atoms with Gasteiger partial charge in [0.05, 0.1) is 28.0 Å². The highest BCUT2D eigenvalue weighted by Gasteiger charge is 2.23. The second-order valence-electron chi connectivity index (χ2n) is 8.10. The Labute approximate surface area is 199 Å². The Morgan fingerprint density at radius 3 is 2.45 bits per heavy atom. The Bertz CT molecular complexity index is 1190. The van der Waals surface area contributed by atoms with E-state index in [4.69, 9.17) is 4.74 Å². The molecule has 1 amide bonds. The van der Waals surface area contributed by atoms with Crippen molar-refractivity contribution in [2.24, 2.45) is 0 Å². The molecular weight excluding hydrogens is 458 g/mol. The fraction of sp³-hybridized carbons (Fsp3) is 0.417. The van der Waals surface area contributed by atoms with E-state index >= 15 is 0 Å². The first-order valence-corrected chi connectivity index (χ1v) is 13.4. The van der Waals surface area contributed by atoms with E-state index in [-0.39, 0.29) is 23.0 Å². The van der Waals surface area contributed by atoms with E-state index in [0.717, 1.165) is 29.6 Å². The first-order chi connectivity index (χ1) is 15.7. The summed E-state index contributed by atoms with van der Waals surface area (Å²) in [6, 6.07) is 12.4. The van der Waals surface area contributed by atoms with Gasteiger partial charge in [-0.05, 0) is 75.4 Å². The molecule has 9 heteroatoms. The Kier molecular flexibility index (Phi) is 8.45. The second-order valence-corrected chi connectivity index (χ2v) is 11.2. The molecule has 3 aromatic rings. The molecule has 0 aliphatic rings. The van der Waals surface area contributed by atoms with Crippen LogP contribution in [0.5, 0.6) is 5.75 Å². The smallest absolute Gasteiger partial charge is 0.229 e. The van der Waals surface area contributed by atoms with Crippen LogP contribution in [-0.2, 0) is 21.1 Å². The first-order valence-electron chi connectivity index (χ1n) is 10.9. The van der Waals surface area contributed by atoms with Crippen molar-refractivity contribution in [3.05, 3.63) is 48.0 Å². The van der Waals surface area contributed by atoms with Crippen LogP contribution in [0.3, 0.4) is 0 Å². The zero-order valence-corrected chi connectivity index (χ0v) is 21.2. The Balaban J connectivity index is 1.78. The van der Waals surface area contributed by atoms with Crippen LogP contribution in [0.2, 0.25) is 0 Å². The van der Waals surface area contributed by atoms with Gasteiger partial charge in [0.2, 0.25) is 5.91 Å². The summed E-state index contributed by atoms with van der Waals surface area (Å²) in [5.41, 5.74) is 2.07. The van der Waals surface area contributed by atoms with Gasteiger partial charge < -0.3 is 9.64 Å². The first kappa shape index (κ1) is 25.1. The number of amides is 1. The van der Waals surface area contributed by atoms with Crippen molar-refractivity contribution in [1.82, 2.24) is 9.88 Å². The van der Waals surface area contributed by atoms with E-state index in [1.165, 1.54) is 36.1 Å². The Hall–Kier alpha value is -2.49. The van der Waals surface area contributed by atoms with Crippen molar-refractivity contribution in [3.63, 3.8) is 0 Å². The number of anilines is 1. The lowest BCUT2D eigenvalue weighted by Gasteiger charge is -2.21. The molecule has 0 aliphatic carbocycles. The molecule has 0 bridgehead atoms. The van der Waals surface area contributed by atoms with E-state index in [9.17, 15) is 13.2 Å². The number of carbonyl (C=O) groups is 1. The maximum absolute atomic E-state index is 13.2. The third-order valence-corrected chi connectivity index (χ3v) is 8.15. The fourth-order valence-electron chi connectivity index (χ4n) is 3.42. The van der Waals surface area contributed by atoms with Gasteiger partial charge >= 0.3 is 0 Å². The quantitative estimate of drug-likeness (QED) is 0.405. The molecule has 1 aromatic heterocycles. The fourth-order valence-corrected chi connectivity index (χ4v) is 5.72. The number of fused-ring (bicyclic) bond motifs is 1. The molecule has 2 aromatic carbocycles. The predicted molar refractivity (Wildman–Crippen MR) is 134 cm³/mol. The van der Waals surface area contributed by atoms with Gasteiger partial charge in [0, 0.05) is 13.0 Å². The maximum atomic E-state index is 13.2. The largest absolute Gasteiger partial charge is 0.497 e. The number of thiazole rings is 1. The SMILES string of the molecule is CCc1ccc2nc(N(CCCN(C)C)C(=O)CCS(=O)(=O)c3ccc(OC)cc3)sc2c1. The number of hydrogen-bond donors (Lipinski definition) is 0. The van der Waals surface area contributed by atoms with Gasteiger partial charge in [-0.2, -0.15) is 0 Å². The van der Waals surface area contributed by atoms with Gasteiger partial charge in [-0.15, -0.1) is 0 Å². The highest BCUT2D eigenvalue weighted by Crippen LogP contribution is 2.30. The van der Waals surface area contributed by atoms with Gasteiger partial charge in [0.15, 0.2) is 15.0 Å². The number of aromatic nitrogens is 1. The van der Waals surface area contributed by atoms with Crippen LogP contribution in [-0.4, -0.2) is 64.3 Å². The van der Waals surface area contributed by atoms with Crippen molar-refractivity contribution in [2.75, 3.05) is 44.9 Å². The van der Waals surface area contributed by atoms with Crippen molar-refractivity contribution < 1.29 is 17.9 Å². The van der Waals surface area contributed by atoms with Gasteiger partial charge in [-0.3, -0.25) is 9.69 Å². The number of nitrogens with zero attached hydrogens (tertiary/aromatic N) is 3. The molecule has 0 radical (unpaired) electrons. The Morgan fingerprint density at radius 2 is 1.82 bits per heavy atom. The number of carbonyl (C=O) groups excluding carboxylic acids is 1. The Morgan fingerprint density at radius 1 is 1.09 bits per heavy atom. The molecule has 178 valence electrons. The van der Waals surface area contributed by atoms with Crippen LogP contribution in [0.1, 0.15) is 25.3 Å². The molecule has 3 rings (SSSR count). The van der Waals surface area contributed by atoms with Crippen molar-refractivity contribution in [1.29, 1.82) is 0 Å².